The second kappa shape index (κ2) is 6.20. The van der Waals surface area contributed by atoms with Crippen LogP contribution in [0.4, 0.5) is 0 Å². The molecule has 1 heterocycles. The van der Waals surface area contributed by atoms with Crippen molar-refractivity contribution in [2.45, 2.75) is 0 Å². The molecule has 0 aliphatic carbocycles. The van der Waals surface area contributed by atoms with Crippen molar-refractivity contribution < 1.29 is 0 Å². The van der Waals surface area contributed by atoms with Gasteiger partial charge in [0.2, 0.25) is 0 Å². The van der Waals surface area contributed by atoms with Crippen LogP contribution in [-0.2, 0) is 0 Å². The Morgan fingerprint density at radius 3 is 2.53 bits per heavy atom. The molecule has 2 nitrogen and oxygen atoms in total. The van der Waals surface area contributed by atoms with Gasteiger partial charge in [-0.3, -0.25) is 0 Å². The maximum Gasteiger partial charge on any atom is 0.130 e. The van der Waals surface area contributed by atoms with E-state index < -0.39 is 0 Å². The zero-order chi connectivity index (χ0) is 11.3. The van der Waals surface area contributed by atoms with Gasteiger partial charge >= 0.3 is 0 Å². The average Bonchev–Trinajstić information content (AvgIpc) is 2.26. The van der Waals surface area contributed by atoms with Crippen molar-refractivity contribution in [3.63, 3.8) is 0 Å². The molecule has 1 aromatic rings. The molecule has 0 aromatic carbocycles. The van der Waals surface area contributed by atoms with Crippen LogP contribution in [0.2, 0.25) is 5.15 Å². The second-order valence-corrected chi connectivity index (χ2v) is 4.84. The monoisotopic (exact) mass is 258 g/mol. The minimum atomic E-state index is 0.477. The molecule has 0 atom stereocenters. The number of halogens is 1. The summed E-state index contributed by atoms with van der Waals surface area (Å²) >= 11 is 8.90. The largest absolute Gasteiger partial charge is 0.244 e. The Balaban J connectivity index is 2.85. The lowest BCUT2D eigenvalue weighted by molar-refractivity contribution is 1.30. The molecule has 0 aliphatic heterocycles. The van der Waals surface area contributed by atoms with Crippen LogP contribution in [0.3, 0.4) is 0 Å². The number of aromatic nitrogens is 1. The zero-order valence-electron chi connectivity index (χ0n) is 8.53. The van der Waals surface area contributed by atoms with Gasteiger partial charge in [-0.05, 0) is 24.6 Å². The van der Waals surface area contributed by atoms with Crippen LogP contribution in [0.1, 0.15) is 5.56 Å². The van der Waals surface area contributed by atoms with Crippen molar-refractivity contribution in [2.75, 3.05) is 12.5 Å². The summed E-state index contributed by atoms with van der Waals surface area (Å²) in [4.78, 5) is 8.36. The molecular formula is C10H11ClN2S2. The topological polar surface area (TPSA) is 25.2 Å². The van der Waals surface area contributed by atoms with Gasteiger partial charge in [0.05, 0.1) is 5.70 Å². The first-order valence-corrected chi connectivity index (χ1v) is 6.97. The summed E-state index contributed by atoms with van der Waals surface area (Å²) in [7, 11) is 0. The van der Waals surface area contributed by atoms with Crippen molar-refractivity contribution >= 4 is 45.2 Å². The summed E-state index contributed by atoms with van der Waals surface area (Å²) < 4.78 is 0.981. The third-order valence-electron chi connectivity index (χ3n) is 1.64. The van der Waals surface area contributed by atoms with Crippen molar-refractivity contribution in [1.82, 2.24) is 4.98 Å². The molecule has 1 rings (SSSR count). The first-order valence-electron chi connectivity index (χ1n) is 4.15. The quantitative estimate of drug-likeness (QED) is 0.459. The summed E-state index contributed by atoms with van der Waals surface area (Å²) in [6.07, 6.45) is 5.65. The first kappa shape index (κ1) is 12.6. The van der Waals surface area contributed by atoms with Crippen molar-refractivity contribution in [1.29, 1.82) is 0 Å². The van der Waals surface area contributed by atoms with Crippen LogP contribution in [0.15, 0.2) is 29.9 Å². The summed E-state index contributed by atoms with van der Waals surface area (Å²) in [6, 6.07) is 3.59. The van der Waals surface area contributed by atoms with Crippen LogP contribution in [-0.4, -0.2) is 21.9 Å². The van der Waals surface area contributed by atoms with E-state index in [9.17, 15) is 0 Å². The van der Waals surface area contributed by atoms with E-state index >= 15 is 0 Å². The molecule has 1 aromatic heterocycles. The van der Waals surface area contributed by atoms with E-state index in [4.69, 9.17) is 11.6 Å². The average molecular weight is 259 g/mol. The molecule has 0 radical (unpaired) electrons. The molecule has 15 heavy (non-hydrogen) atoms. The zero-order valence-corrected chi connectivity index (χ0v) is 10.9. The Hall–Kier alpha value is -0.450. The SMILES string of the molecule is C=C(N=C(SC)SC)c1ccc(Cl)nc1. The van der Waals surface area contributed by atoms with Gasteiger partial charge in [0.15, 0.2) is 0 Å². The lowest BCUT2D eigenvalue weighted by Crippen LogP contribution is -1.86. The number of nitrogens with zero attached hydrogens (tertiary/aromatic N) is 2. The van der Waals surface area contributed by atoms with E-state index in [-0.39, 0.29) is 0 Å². The third kappa shape index (κ3) is 3.89. The standard InChI is InChI=1S/C10H11ClN2S2/c1-7(13-10(14-2)15-3)8-4-5-9(11)12-6-8/h4-6H,1H2,2-3H3. The number of hydrogen-bond acceptors (Lipinski definition) is 4. The molecular weight excluding hydrogens is 248 g/mol. The van der Waals surface area contributed by atoms with Crippen molar-refractivity contribution in [2.24, 2.45) is 4.99 Å². The number of thioether (sulfide) groups is 2. The van der Waals surface area contributed by atoms with E-state index in [1.54, 1.807) is 35.8 Å². The highest BCUT2D eigenvalue weighted by Gasteiger charge is 2.00. The first-order chi connectivity index (χ1) is 7.17. The molecule has 0 fully saturated rings. The lowest BCUT2D eigenvalue weighted by atomic mass is 10.2. The van der Waals surface area contributed by atoms with E-state index in [0.717, 1.165) is 9.94 Å². The van der Waals surface area contributed by atoms with Gasteiger partial charge in [0.25, 0.3) is 0 Å². The molecule has 5 heteroatoms. The maximum absolute atomic E-state index is 5.69. The predicted molar refractivity (Wildman–Crippen MR) is 72.7 cm³/mol. The summed E-state index contributed by atoms with van der Waals surface area (Å²) in [5, 5.41) is 0.477. The molecule has 0 N–H and O–H groups in total. The Kier molecular flexibility index (Phi) is 5.22. The van der Waals surface area contributed by atoms with Gasteiger partial charge in [-0.25, -0.2) is 9.98 Å². The van der Waals surface area contributed by atoms with Gasteiger partial charge in [-0.15, -0.1) is 23.5 Å². The van der Waals surface area contributed by atoms with Crippen LogP contribution < -0.4 is 0 Å². The number of aliphatic imine (C=N–C) groups is 1. The molecule has 0 unspecified atom stereocenters. The molecule has 80 valence electrons. The van der Waals surface area contributed by atoms with Crippen molar-refractivity contribution in [3.05, 3.63) is 35.6 Å². The van der Waals surface area contributed by atoms with E-state index in [0.29, 0.717) is 10.9 Å². The normalized spacial score (nSPS) is 9.80. The molecule has 0 aliphatic rings. The lowest BCUT2D eigenvalue weighted by Gasteiger charge is -2.02. The highest BCUT2D eigenvalue weighted by atomic mass is 35.5. The number of rotatable bonds is 2. The Morgan fingerprint density at radius 2 is 2.07 bits per heavy atom. The number of hydrogen-bond donors (Lipinski definition) is 0. The van der Waals surface area contributed by atoms with Gasteiger partial charge in [-0.2, -0.15) is 0 Å². The predicted octanol–water partition coefficient (Wildman–Crippen LogP) is 3.79. The fourth-order valence-electron chi connectivity index (χ4n) is 0.896. The minimum absolute atomic E-state index is 0.477. The second-order valence-electron chi connectivity index (χ2n) is 2.60. The molecule has 0 amide bonds. The smallest absolute Gasteiger partial charge is 0.130 e. The van der Waals surface area contributed by atoms with Crippen molar-refractivity contribution in [3.8, 4) is 0 Å². The van der Waals surface area contributed by atoms with Crippen LogP contribution in [0.25, 0.3) is 5.70 Å². The Morgan fingerprint density at radius 1 is 1.40 bits per heavy atom. The third-order valence-corrected chi connectivity index (χ3v) is 3.74. The molecule has 0 bridgehead atoms. The summed E-state index contributed by atoms with van der Waals surface area (Å²) in [6.45, 7) is 3.89. The molecule has 0 spiro atoms. The van der Waals surface area contributed by atoms with Gasteiger partial charge in [0, 0.05) is 11.8 Å². The van der Waals surface area contributed by atoms with Crippen LogP contribution in [0, 0.1) is 0 Å². The fraction of sp³-hybridized carbons (Fsp3) is 0.200. The minimum Gasteiger partial charge on any atom is -0.244 e. The highest BCUT2D eigenvalue weighted by Crippen LogP contribution is 2.19. The molecule has 0 saturated heterocycles. The highest BCUT2D eigenvalue weighted by molar-refractivity contribution is 8.38. The fourth-order valence-corrected chi connectivity index (χ4v) is 2.08. The maximum atomic E-state index is 5.69. The van der Waals surface area contributed by atoms with E-state index in [1.165, 1.54) is 0 Å². The summed E-state index contributed by atoms with van der Waals surface area (Å²) in [5.41, 5.74) is 1.60. The van der Waals surface area contributed by atoms with Crippen LogP contribution in [0.5, 0.6) is 0 Å². The van der Waals surface area contributed by atoms with Gasteiger partial charge in [-0.1, -0.05) is 18.2 Å². The molecule has 0 saturated carbocycles. The summed E-state index contributed by atoms with van der Waals surface area (Å²) in [5.74, 6) is 0. The Labute approximate surface area is 103 Å². The van der Waals surface area contributed by atoms with E-state index in [2.05, 4.69) is 16.6 Å². The van der Waals surface area contributed by atoms with Crippen LogP contribution >= 0.6 is 35.1 Å². The van der Waals surface area contributed by atoms with Gasteiger partial charge < -0.3 is 0 Å². The van der Waals surface area contributed by atoms with Gasteiger partial charge in [0.1, 0.15) is 9.53 Å². The van der Waals surface area contributed by atoms with E-state index in [1.807, 2.05) is 18.6 Å². The Bertz CT molecular complexity index is 368. The number of pyridine rings is 1.